The van der Waals surface area contributed by atoms with E-state index in [1.165, 1.54) is 24.3 Å². The predicted octanol–water partition coefficient (Wildman–Crippen LogP) is 2.85. The van der Waals surface area contributed by atoms with Crippen molar-refractivity contribution in [2.75, 3.05) is 5.32 Å². The lowest BCUT2D eigenvalue weighted by atomic mass is 10.0. The molecule has 3 amide bonds. The third-order valence-corrected chi connectivity index (χ3v) is 4.33. The van der Waals surface area contributed by atoms with E-state index >= 15 is 0 Å². The van der Waals surface area contributed by atoms with Gasteiger partial charge in [-0.25, -0.2) is 0 Å². The van der Waals surface area contributed by atoms with Crippen molar-refractivity contribution in [3.05, 3.63) is 69.8 Å². The first-order valence-corrected chi connectivity index (χ1v) is 8.33. The van der Waals surface area contributed by atoms with Crippen LogP contribution in [0, 0.1) is 16.0 Å². The van der Waals surface area contributed by atoms with Gasteiger partial charge in [0.15, 0.2) is 0 Å². The van der Waals surface area contributed by atoms with E-state index in [0.717, 1.165) is 4.90 Å². The van der Waals surface area contributed by atoms with Gasteiger partial charge in [0.05, 0.1) is 16.1 Å². The highest BCUT2D eigenvalue weighted by atomic mass is 16.6. The van der Waals surface area contributed by atoms with Gasteiger partial charge >= 0.3 is 0 Å². The van der Waals surface area contributed by atoms with Gasteiger partial charge < -0.3 is 5.32 Å². The molecule has 0 saturated carbocycles. The second-order valence-corrected chi connectivity index (χ2v) is 6.51. The largest absolute Gasteiger partial charge is 0.324 e. The Balaban J connectivity index is 1.90. The quantitative estimate of drug-likeness (QED) is 0.496. The van der Waals surface area contributed by atoms with Crippen LogP contribution in [0.25, 0.3) is 0 Å². The van der Waals surface area contributed by atoms with Gasteiger partial charge in [-0.3, -0.25) is 29.4 Å². The minimum Gasteiger partial charge on any atom is -0.324 e. The molecular formula is C19H17N3O5. The topological polar surface area (TPSA) is 110 Å². The van der Waals surface area contributed by atoms with Crippen LogP contribution in [0.1, 0.15) is 34.6 Å². The Morgan fingerprint density at radius 2 is 1.63 bits per heavy atom. The van der Waals surface area contributed by atoms with E-state index < -0.39 is 28.7 Å². The second kappa shape index (κ2) is 6.99. The summed E-state index contributed by atoms with van der Waals surface area (Å²) in [7, 11) is 0. The zero-order chi connectivity index (χ0) is 19.7. The highest BCUT2D eigenvalue weighted by Crippen LogP contribution is 2.28. The number of nitrogens with zero attached hydrogens (tertiary/aromatic N) is 2. The Morgan fingerprint density at radius 1 is 1.04 bits per heavy atom. The number of amides is 3. The zero-order valence-electron chi connectivity index (χ0n) is 14.7. The summed E-state index contributed by atoms with van der Waals surface area (Å²) in [5, 5.41) is 13.5. The van der Waals surface area contributed by atoms with E-state index in [4.69, 9.17) is 0 Å². The Labute approximate surface area is 154 Å². The summed E-state index contributed by atoms with van der Waals surface area (Å²) in [5.41, 5.74) is 0.568. The molecule has 27 heavy (non-hydrogen) atoms. The molecule has 8 heteroatoms. The van der Waals surface area contributed by atoms with Gasteiger partial charge in [-0.2, -0.15) is 0 Å². The van der Waals surface area contributed by atoms with Crippen LogP contribution in [-0.4, -0.2) is 33.6 Å². The molecule has 0 aliphatic carbocycles. The maximum Gasteiger partial charge on any atom is 0.271 e. The Morgan fingerprint density at radius 3 is 2.15 bits per heavy atom. The summed E-state index contributed by atoms with van der Waals surface area (Å²) in [6.45, 7) is 3.45. The lowest BCUT2D eigenvalue weighted by Crippen LogP contribution is -2.50. The maximum atomic E-state index is 12.8. The van der Waals surface area contributed by atoms with E-state index in [1.807, 2.05) is 0 Å². The van der Waals surface area contributed by atoms with Gasteiger partial charge in [0, 0.05) is 17.8 Å². The van der Waals surface area contributed by atoms with Gasteiger partial charge in [-0.1, -0.05) is 32.0 Å². The van der Waals surface area contributed by atoms with Crippen molar-refractivity contribution in [2.24, 2.45) is 5.92 Å². The first-order valence-electron chi connectivity index (χ1n) is 8.33. The average molecular weight is 367 g/mol. The van der Waals surface area contributed by atoms with Crippen LogP contribution in [0.15, 0.2) is 48.5 Å². The van der Waals surface area contributed by atoms with Crippen LogP contribution in [0.2, 0.25) is 0 Å². The van der Waals surface area contributed by atoms with Crippen molar-refractivity contribution < 1.29 is 19.3 Å². The van der Waals surface area contributed by atoms with Crippen molar-refractivity contribution >= 4 is 29.1 Å². The molecule has 1 heterocycles. The molecule has 2 aromatic carbocycles. The lowest BCUT2D eigenvalue weighted by molar-refractivity contribution is -0.384. The van der Waals surface area contributed by atoms with E-state index in [2.05, 4.69) is 5.32 Å². The Bertz CT molecular complexity index is 919. The van der Waals surface area contributed by atoms with Gasteiger partial charge in [0.25, 0.3) is 17.5 Å². The summed E-state index contributed by atoms with van der Waals surface area (Å²) in [4.78, 5) is 49.5. The molecule has 1 aliphatic heterocycles. The highest BCUT2D eigenvalue weighted by Gasteiger charge is 2.43. The molecule has 1 N–H and O–H groups in total. The van der Waals surface area contributed by atoms with Gasteiger partial charge in [-0.05, 0) is 24.1 Å². The Hall–Kier alpha value is -3.55. The second-order valence-electron chi connectivity index (χ2n) is 6.51. The maximum absolute atomic E-state index is 12.8. The summed E-state index contributed by atoms with van der Waals surface area (Å²) in [6, 6.07) is 10.8. The minimum absolute atomic E-state index is 0.172. The average Bonchev–Trinajstić information content (AvgIpc) is 2.87. The molecule has 0 unspecified atom stereocenters. The van der Waals surface area contributed by atoms with Gasteiger partial charge in [0.2, 0.25) is 5.91 Å². The number of fused-ring (bicyclic) bond motifs is 1. The van der Waals surface area contributed by atoms with Crippen molar-refractivity contribution in [2.45, 2.75) is 19.9 Å². The molecule has 3 rings (SSSR count). The monoisotopic (exact) mass is 367 g/mol. The number of benzene rings is 2. The van der Waals surface area contributed by atoms with Crippen LogP contribution in [0.5, 0.6) is 0 Å². The summed E-state index contributed by atoms with van der Waals surface area (Å²) in [5.74, 6) is -1.99. The number of carbonyl (C=O) groups is 3. The highest BCUT2D eigenvalue weighted by molar-refractivity contribution is 6.23. The number of nitro benzene ring substituents is 1. The molecule has 0 aromatic heterocycles. The van der Waals surface area contributed by atoms with Crippen LogP contribution in [0.4, 0.5) is 11.4 Å². The number of nitro groups is 1. The molecule has 1 atom stereocenters. The summed E-state index contributed by atoms with van der Waals surface area (Å²) < 4.78 is 0. The smallest absolute Gasteiger partial charge is 0.271 e. The van der Waals surface area contributed by atoms with Gasteiger partial charge in [0.1, 0.15) is 6.04 Å². The molecule has 8 nitrogen and oxygen atoms in total. The molecule has 138 valence electrons. The number of carbonyl (C=O) groups excluding carboxylic acids is 3. The van der Waals surface area contributed by atoms with Crippen molar-refractivity contribution in [1.29, 1.82) is 0 Å². The van der Waals surface area contributed by atoms with Crippen LogP contribution < -0.4 is 5.32 Å². The molecule has 0 bridgehead atoms. The van der Waals surface area contributed by atoms with E-state index in [9.17, 15) is 24.5 Å². The third kappa shape index (κ3) is 3.29. The zero-order valence-corrected chi connectivity index (χ0v) is 14.7. The first-order chi connectivity index (χ1) is 12.8. The molecule has 0 fully saturated rings. The minimum atomic E-state index is -1.04. The van der Waals surface area contributed by atoms with Gasteiger partial charge in [-0.15, -0.1) is 0 Å². The number of hydrogen-bond donors (Lipinski definition) is 1. The number of hydrogen-bond acceptors (Lipinski definition) is 5. The van der Waals surface area contributed by atoms with Crippen molar-refractivity contribution in [3.8, 4) is 0 Å². The number of anilines is 1. The van der Waals surface area contributed by atoms with Crippen molar-refractivity contribution in [3.63, 3.8) is 0 Å². The molecule has 0 spiro atoms. The molecule has 0 radical (unpaired) electrons. The van der Waals surface area contributed by atoms with Crippen LogP contribution >= 0.6 is 0 Å². The molecular weight excluding hydrogens is 350 g/mol. The fraction of sp³-hybridized carbons (Fsp3) is 0.211. The number of imide groups is 1. The lowest BCUT2D eigenvalue weighted by Gasteiger charge is -2.28. The SMILES string of the molecule is CC(C)[C@H](C(=O)Nc1cccc([N+](=O)[O-])c1)N1C(=O)c2ccccc2C1=O. The standard InChI is InChI=1S/C19H17N3O5/c1-11(2)16(17(23)20-12-6-5-7-13(10-12)22(26)27)21-18(24)14-8-3-4-9-15(14)19(21)25/h3-11,16H,1-2H3,(H,20,23)/t16-/m1/s1. The fourth-order valence-electron chi connectivity index (χ4n) is 3.09. The van der Waals surface area contributed by atoms with E-state index in [-0.39, 0.29) is 28.4 Å². The van der Waals surface area contributed by atoms with E-state index in [0.29, 0.717) is 0 Å². The molecule has 2 aromatic rings. The Kier molecular flexibility index (Phi) is 4.72. The summed E-state index contributed by atoms with van der Waals surface area (Å²) >= 11 is 0. The molecule has 0 saturated heterocycles. The van der Waals surface area contributed by atoms with Crippen LogP contribution in [0.3, 0.4) is 0 Å². The number of rotatable bonds is 5. The van der Waals surface area contributed by atoms with Crippen molar-refractivity contribution in [1.82, 2.24) is 4.90 Å². The number of non-ortho nitro benzene ring substituents is 1. The fourth-order valence-corrected chi connectivity index (χ4v) is 3.09. The normalized spacial score (nSPS) is 14.3. The summed E-state index contributed by atoms with van der Waals surface area (Å²) in [6.07, 6.45) is 0. The molecule has 1 aliphatic rings. The van der Waals surface area contributed by atoms with Crippen LogP contribution in [-0.2, 0) is 4.79 Å². The third-order valence-electron chi connectivity index (χ3n) is 4.33. The van der Waals surface area contributed by atoms with E-state index in [1.54, 1.807) is 38.1 Å². The first kappa shape index (κ1) is 18.2. The predicted molar refractivity (Wildman–Crippen MR) is 97.3 cm³/mol. The number of nitrogens with one attached hydrogen (secondary N) is 1.